The second kappa shape index (κ2) is 5.80. The second-order valence-corrected chi connectivity index (χ2v) is 5.20. The zero-order chi connectivity index (χ0) is 12.9. The third kappa shape index (κ3) is 3.09. The molecule has 0 saturated heterocycles. The molecular weight excluding hydrogens is 254 g/mol. The number of nitrogens with zero attached hydrogens (tertiary/aromatic N) is 2. The Balaban J connectivity index is 1.45. The number of amidine groups is 1. The van der Waals surface area contributed by atoms with Gasteiger partial charge in [-0.05, 0) is 24.3 Å². The van der Waals surface area contributed by atoms with Crippen molar-refractivity contribution in [2.45, 2.75) is 0 Å². The van der Waals surface area contributed by atoms with Gasteiger partial charge in [0.25, 0.3) is 0 Å². The van der Waals surface area contributed by atoms with E-state index in [4.69, 9.17) is 0 Å². The van der Waals surface area contributed by atoms with Crippen molar-refractivity contribution in [1.29, 1.82) is 0 Å². The number of aliphatic imine (C=N–C) groups is 1. The number of benzene rings is 2. The number of hydrogen-bond donors (Lipinski definition) is 1. The summed E-state index contributed by atoms with van der Waals surface area (Å²) in [5.41, 5.74) is 3.10. The maximum atomic E-state index is 4.48. The Morgan fingerprint density at radius 1 is 0.895 bits per heavy atom. The van der Waals surface area contributed by atoms with Gasteiger partial charge in [-0.25, -0.2) is 10.3 Å². The number of hydrogen-bond acceptors (Lipinski definition) is 3. The number of fused-ring (bicyclic) bond motifs is 1. The van der Waals surface area contributed by atoms with Gasteiger partial charge in [-0.3, -0.25) is 0 Å². The molecule has 2 aromatic rings. The Kier molecular flexibility index (Phi) is 3.70. The molecule has 95 valence electrons. The zero-order valence-electron chi connectivity index (χ0n) is 10.4. The third-order valence-corrected chi connectivity index (χ3v) is 3.60. The molecule has 0 aliphatic carbocycles. The standard InChI is InChI=1S/C15H14N3S/c1-2-6-12(7-3-1)16-10-11-19-15-17-13-8-4-5-9-14(13)18-15/h1-9,16H,10-11H2. The van der Waals surface area contributed by atoms with Crippen molar-refractivity contribution < 1.29 is 0 Å². The minimum Gasteiger partial charge on any atom is -0.384 e. The van der Waals surface area contributed by atoms with Crippen LogP contribution in [0.25, 0.3) is 0 Å². The fourth-order valence-electron chi connectivity index (χ4n) is 1.84. The monoisotopic (exact) mass is 268 g/mol. The molecule has 0 amide bonds. The van der Waals surface area contributed by atoms with Gasteiger partial charge in [-0.1, -0.05) is 42.1 Å². The summed E-state index contributed by atoms with van der Waals surface area (Å²) in [4.78, 5) is 4.48. The van der Waals surface area contributed by atoms with Gasteiger partial charge in [0.2, 0.25) is 0 Å². The number of thioether (sulfide) groups is 1. The Morgan fingerprint density at radius 2 is 1.63 bits per heavy atom. The summed E-state index contributed by atoms with van der Waals surface area (Å²) in [6.45, 7) is 0.902. The van der Waals surface area contributed by atoms with Crippen LogP contribution in [-0.2, 0) is 0 Å². The topological polar surface area (TPSA) is 38.5 Å². The summed E-state index contributed by atoms with van der Waals surface area (Å²) < 4.78 is 0. The molecule has 3 nitrogen and oxygen atoms in total. The van der Waals surface area contributed by atoms with Crippen molar-refractivity contribution in [3.05, 3.63) is 54.6 Å². The molecule has 1 aliphatic heterocycles. The van der Waals surface area contributed by atoms with E-state index in [0.29, 0.717) is 0 Å². The highest BCUT2D eigenvalue weighted by molar-refractivity contribution is 8.13. The predicted molar refractivity (Wildman–Crippen MR) is 82.7 cm³/mol. The van der Waals surface area contributed by atoms with Crippen LogP contribution in [0.5, 0.6) is 0 Å². The van der Waals surface area contributed by atoms with Crippen molar-refractivity contribution in [3.63, 3.8) is 0 Å². The van der Waals surface area contributed by atoms with Gasteiger partial charge in [0, 0.05) is 18.0 Å². The van der Waals surface area contributed by atoms with Gasteiger partial charge in [-0.2, -0.15) is 0 Å². The van der Waals surface area contributed by atoms with Crippen molar-refractivity contribution in [2.24, 2.45) is 4.99 Å². The molecule has 0 aromatic heterocycles. The predicted octanol–water partition coefficient (Wildman–Crippen LogP) is 3.77. The average molecular weight is 268 g/mol. The van der Waals surface area contributed by atoms with Crippen LogP contribution in [0.4, 0.5) is 17.1 Å². The van der Waals surface area contributed by atoms with Crippen LogP contribution in [0, 0.1) is 0 Å². The van der Waals surface area contributed by atoms with Crippen LogP contribution >= 0.6 is 11.8 Å². The summed E-state index contributed by atoms with van der Waals surface area (Å²) in [6.07, 6.45) is 0. The molecule has 0 bridgehead atoms. The van der Waals surface area contributed by atoms with Gasteiger partial charge in [0.05, 0.1) is 11.4 Å². The van der Waals surface area contributed by atoms with E-state index in [1.54, 1.807) is 11.8 Å². The van der Waals surface area contributed by atoms with E-state index in [0.717, 1.165) is 34.5 Å². The number of rotatable bonds is 4. The molecule has 0 unspecified atom stereocenters. The number of para-hydroxylation sites is 3. The van der Waals surface area contributed by atoms with Gasteiger partial charge in [0.1, 0.15) is 0 Å². The van der Waals surface area contributed by atoms with Crippen molar-refractivity contribution in [3.8, 4) is 0 Å². The minimum absolute atomic E-state index is 0.857. The van der Waals surface area contributed by atoms with Crippen LogP contribution in [0.2, 0.25) is 0 Å². The highest BCUT2D eigenvalue weighted by Crippen LogP contribution is 2.32. The first kappa shape index (κ1) is 12.1. The molecule has 3 rings (SSSR count). The van der Waals surface area contributed by atoms with Crippen LogP contribution < -0.4 is 10.6 Å². The van der Waals surface area contributed by atoms with E-state index < -0.39 is 0 Å². The highest BCUT2D eigenvalue weighted by atomic mass is 32.2. The molecule has 0 fully saturated rings. The molecule has 1 radical (unpaired) electrons. The number of nitrogens with one attached hydrogen (secondary N) is 1. The fourth-order valence-corrected chi connectivity index (χ4v) is 2.56. The summed E-state index contributed by atoms with van der Waals surface area (Å²) in [5.74, 6) is 0.950. The maximum Gasteiger partial charge on any atom is 0.188 e. The maximum absolute atomic E-state index is 4.48. The molecule has 19 heavy (non-hydrogen) atoms. The van der Waals surface area contributed by atoms with Crippen LogP contribution in [0.3, 0.4) is 0 Å². The first-order chi connectivity index (χ1) is 9.42. The molecule has 1 N–H and O–H groups in total. The van der Waals surface area contributed by atoms with E-state index in [1.165, 1.54) is 0 Å². The van der Waals surface area contributed by atoms with E-state index in [9.17, 15) is 0 Å². The SMILES string of the molecule is c1ccc(NCCSC2=Nc3ccccc3[N]2)cc1. The molecule has 0 saturated carbocycles. The lowest BCUT2D eigenvalue weighted by Crippen LogP contribution is -2.08. The summed E-state index contributed by atoms with van der Waals surface area (Å²) >= 11 is 1.68. The summed E-state index contributed by atoms with van der Waals surface area (Å²) in [7, 11) is 0. The largest absolute Gasteiger partial charge is 0.384 e. The van der Waals surface area contributed by atoms with Gasteiger partial charge >= 0.3 is 0 Å². The quantitative estimate of drug-likeness (QED) is 0.857. The first-order valence-electron chi connectivity index (χ1n) is 6.23. The molecule has 0 spiro atoms. The number of anilines is 1. The lowest BCUT2D eigenvalue weighted by Gasteiger charge is -2.05. The summed E-state index contributed by atoms with van der Waals surface area (Å²) in [5, 5.41) is 8.71. The van der Waals surface area contributed by atoms with Crippen LogP contribution in [-0.4, -0.2) is 17.5 Å². The Labute approximate surface area is 117 Å². The lowest BCUT2D eigenvalue weighted by molar-refractivity contribution is 1.23. The Morgan fingerprint density at radius 3 is 2.42 bits per heavy atom. The van der Waals surface area contributed by atoms with E-state index in [-0.39, 0.29) is 0 Å². The molecule has 1 aliphatic rings. The third-order valence-electron chi connectivity index (χ3n) is 2.75. The van der Waals surface area contributed by atoms with Gasteiger partial charge < -0.3 is 5.32 Å². The zero-order valence-corrected chi connectivity index (χ0v) is 11.2. The first-order valence-corrected chi connectivity index (χ1v) is 7.21. The molecule has 4 heteroatoms. The van der Waals surface area contributed by atoms with Gasteiger partial charge in [0.15, 0.2) is 5.17 Å². The molecule has 1 heterocycles. The van der Waals surface area contributed by atoms with E-state index in [2.05, 4.69) is 27.8 Å². The Bertz CT molecular complexity index is 581. The lowest BCUT2D eigenvalue weighted by atomic mass is 10.3. The van der Waals surface area contributed by atoms with E-state index >= 15 is 0 Å². The van der Waals surface area contributed by atoms with Crippen molar-refractivity contribution in [2.75, 3.05) is 17.6 Å². The summed E-state index contributed by atoms with van der Waals surface area (Å²) in [6, 6.07) is 18.2. The fraction of sp³-hybridized carbons (Fsp3) is 0.133. The smallest absolute Gasteiger partial charge is 0.188 e. The van der Waals surface area contributed by atoms with Crippen LogP contribution in [0.15, 0.2) is 59.6 Å². The average Bonchev–Trinajstić information content (AvgIpc) is 2.87. The van der Waals surface area contributed by atoms with Crippen molar-refractivity contribution >= 4 is 34.0 Å². The normalized spacial score (nSPS) is 12.5. The second-order valence-electron chi connectivity index (χ2n) is 4.14. The Hall–Kier alpha value is -1.94. The highest BCUT2D eigenvalue weighted by Gasteiger charge is 2.14. The molecular formula is C15H14N3S. The molecule has 0 atom stereocenters. The minimum atomic E-state index is 0.857. The van der Waals surface area contributed by atoms with Gasteiger partial charge in [-0.15, -0.1) is 0 Å². The van der Waals surface area contributed by atoms with Crippen molar-refractivity contribution in [1.82, 2.24) is 5.32 Å². The van der Waals surface area contributed by atoms with Crippen LogP contribution in [0.1, 0.15) is 0 Å². The van der Waals surface area contributed by atoms with E-state index in [1.807, 2.05) is 42.5 Å². The molecule has 2 aromatic carbocycles.